The minimum absolute atomic E-state index is 0.00496. The van der Waals surface area contributed by atoms with Gasteiger partial charge in [-0.05, 0) is 29.8 Å². The highest BCUT2D eigenvalue weighted by atomic mass is 19.1. The molecule has 0 bridgehead atoms. The Hall–Kier alpha value is -3.34. The quantitative estimate of drug-likeness (QED) is 0.533. The van der Waals surface area contributed by atoms with Crippen LogP contribution in [0.1, 0.15) is 39.9 Å². The fraction of sp³-hybridized carbons (Fsp3) is 0.400. The van der Waals surface area contributed by atoms with Gasteiger partial charge in [0.2, 0.25) is 11.6 Å². The predicted molar refractivity (Wildman–Crippen MR) is 123 cm³/mol. The number of carbonyl (C=O) groups is 3. The number of halogens is 1. The van der Waals surface area contributed by atoms with Crippen molar-refractivity contribution in [2.24, 2.45) is 0 Å². The van der Waals surface area contributed by atoms with Crippen LogP contribution in [-0.2, 0) is 34.0 Å². The Morgan fingerprint density at radius 1 is 1.14 bits per heavy atom. The smallest absolute Gasteiger partial charge is 0.279 e. The SMILES string of the molecule is O=C1CCC(O)(N2Cc3c(NCc4cc(CN5CCOCC5)ccc4F)cccc3C2=O)C(=O)N1. The van der Waals surface area contributed by atoms with E-state index in [1.807, 2.05) is 6.07 Å². The highest BCUT2D eigenvalue weighted by Crippen LogP contribution is 2.36. The molecule has 3 N–H and O–H groups in total. The molecule has 0 aliphatic carbocycles. The maximum absolute atomic E-state index is 14.6. The van der Waals surface area contributed by atoms with E-state index in [0.717, 1.165) is 23.6 Å². The zero-order valence-electron chi connectivity index (χ0n) is 19.2. The van der Waals surface area contributed by atoms with Gasteiger partial charge >= 0.3 is 0 Å². The first-order valence-corrected chi connectivity index (χ1v) is 11.7. The van der Waals surface area contributed by atoms with Crippen LogP contribution in [0.25, 0.3) is 0 Å². The molecule has 3 heterocycles. The van der Waals surface area contributed by atoms with Gasteiger partial charge in [0.05, 0.1) is 19.8 Å². The Kier molecular flexibility index (Phi) is 6.26. The van der Waals surface area contributed by atoms with Crippen molar-refractivity contribution in [3.63, 3.8) is 0 Å². The third kappa shape index (κ3) is 4.52. The first-order valence-electron chi connectivity index (χ1n) is 11.7. The molecule has 3 aliphatic heterocycles. The Bertz CT molecular complexity index is 1180. The molecule has 184 valence electrons. The molecule has 9 nitrogen and oxygen atoms in total. The number of hydrogen-bond acceptors (Lipinski definition) is 7. The molecule has 2 aromatic carbocycles. The number of nitrogens with zero attached hydrogens (tertiary/aromatic N) is 2. The highest BCUT2D eigenvalue weighted by Gasteiger charge is 2.51. The van der Waals surface area contributed by atoms with Crippen LogP contribution < -0.4 is 10.6 Å². The lowest BCUT2D eigenvalue weighted by Gasteiger charge is -2.37. The minimum Gasteiger partial charge on any atom is -0.381 e. The van der Waals surface area contributed by atoms with Crippen LogP contribution in [-0.4, -0.2) is 64.7 Å². The summed E-state index contributed by atoms with van der Waals surface area (Å²) in [5.41, 5.74) is 0.992. The number of ether oxygens (including phenoxy) is 1. The molecule has 0 radical (unpaired) electrons. The average molecular weight is 483 g/mol. The van der Waals surface area contributed by atoms with Gasteiger partial charge in [0, 0.05) is 61.4 Å². The number of hydrogen-bond donors (Lipinski definition) is 3. The Morgan fingerprint density at radius 3 is 2.71 bits per heavy atom. The molecule has 1 unspecified atom stereocenters. The largest absolute Gasteiger partial charge is 0.381 e. The van der Waals surface area contributed by atoms with E-state index in [-0.39, 0.29) is 31.7 Å². The molecule has 0 spiro atoms. The van der Waals surface area contributed by atoms with Crippen molar-refractivity contribution in [3.8, 4) is 0 Å². The monoisotopic (exact) mass is 482 g/mol. The van der Waals surface area contributed by atoms with Crippen molar-refractivity contribution in [3.05, 3.63) is 64.5 Å². The maximum Gasteiger partial charge on any atom is 0.279 e. The number of fused-ring (bicyclic) bond motifs is 1. The van der Waals surface area contributed by atoms with Crippen LogP contribution in [0, 0.1) is 5.82 Å². The average Bonchev–Trinajstić information content (AvgIpc) is 3.20. The Morgan fingerprint density at radius 2 is 1.94 bits per heavy atom. The van der Waals surface area contributed by atoms with Crippen LogP contribution in [0.5, 0.6) is 0 Å². The second-order valence-corrected chi connectivity index (χ2v) is 9.08. The number of amides is 3. The van der Waals surface area contributed by atoms with Crippen molar-refractivity contribution in [2.75, 3.05) is 31.6 Å². The number of piperidine rings is 1. The summed E-state index contributed by atoms with van der Waals surface area (Å²) in [6.45, 7) is 3.97. The van der Waals surface area contributed by atoms with E-state index in [2.05, 4.69) is 15.5 Å². The highest BCUT2D eigenvalue weighted by molar-refractivity contribution is 6.07. The van der Waals surface area contributed by atoms with Crippen molar-refractivity contribution in [1.82, 2.24) is 15.1 Å². The minimum atomic E-state index is -2.10. The van der Waals surface area contributed by atoms with E-state index in [1.54, 1.807) is 24.3 Å². The van der Waals surface area contributed by atoms with Crippen LogP contribution in [0.15, 0.2) is 36.4 Å². The zero-order valence-corrected chi connectivity index (χ0v) is 19.2. The maximum atomic E-state index is 14.6. The molecule has 3 aliphatic rings. The standard InChI is InChI=1S/C25H27FN4O5/c26-20-5-4-16(14-29-8-10-35-11-9-29)12-17(20)13-27-21-3-1-2-18-19(21)15-30(23(18)32)25(34)7-6-22(31)28-24(25)33/h1-5,12,27,34H,6-11,13-15H2,(H,28,31,33). The molecule has 2 saturated heterocycles. The summed E-state index contributed by atoms with van der Waals surface area (Å²) in [7, 11) is 0. The van der Waals surface area contributed by atoms with E-state index >= 15 is 0 Å². The summed E-state index contributed by atoms with van der Waals surface area (Å²) in [6.07, 6.45) is -0.227. The lowest BCUT2D eigenvalue weighted by Crippen LogP contribution is -2.63. The van der Waals surface area contributed by atoms with Crippen molar-refractivity contribution >= 4 is 23.4 Å². The lowest BCUT2D eigenvalue weighted by molar-refractivity contribution is -0.167. The number of aliphatic hydroxyl groups is 1. The third-order valence-corrected chi connectivity index (χ3v) is 6.82. The molecule has 2 aromatic rings. The van der Waals surface area contributed by atoms with Crippen molar-refractivity contribution in [2.45, 2.75) is 38.2 Å². The van der Waals surface area contributed by atoms with E-state index < -0.39 is 23.4 Å². The van der Waals surface area contributed by atoms with Crippen LogP contribution in [0.4, 0.5) is 10.1 Å². The van der Waals surface area contributed by atoms with Gasteiger partial charge in [-0.3, -0.25) is 29.5 Å². The summed E-state index contributed by atoms with van der Waals surface area (Å²) < 4.78 is 20.0. The number of benzene rings is 2. The van der Waals surface area contributed by atoms with Crippen LogP contribution in [0.3, 0.4) is 0 Å². The van der Waals surface area contributed by atoms with Gasteiger partial charge in [-0.25, -0.2) is 4.39 Å². The molecular formula is C25H27FN4O5. The second kappa shape index (κ2) is 9.37. The van der Waals surface area contributed by atoms with Crippen LogP contribution in [0.2, 0.25) is 0 Å². The molecule has 2 fully saturated rings. The molecule has 1 atom stereocenters. The summed E-state index contributed by atoms with van der Waals surface area (Å²) in [4.78, 5) is 40.3. The Balaban J connectivity index is 1.32. The molecule has 0 aromatic heterocycles. The number of imide groups is 1. The van der Waals surface area contributed by atoms with Gasteiger partial charge in [0.1, 0.15) is 5.82 Å². The van der Waals surface area contributed by atoms with Crippen LogP contribution >= 0.6 is 0 Å². The van der Waals surface area contributed by atoms with E-state index in [0.29, 0.717) is 42.1 Å². The first-order chi connectivity index (χ1) is 16.8. The topological polar surface area (TPSA) is 111 Å². The van der Waals surface area contributed by atoms with Gasteiger partial charge in [0.15, 0.2) is 0 Å². The Labute approximate surface area is 201 Å². The first kappa shape index (κ1) is 23.4. The van der Waals surface area contributed by atoms with Gasteiger partial charge in [-0.2, -0.15) is 0 Å². The number of rotatable bonds is 6. The number of anilines is 1. The molecular weight excluding hydrogens is 455 g/mol. The molecule has 10 heteroatoms. The molecule has 5 rings (SSSR count). The van der Waals surface area contributed by atoms with Gasteiger partial charge in [-0.1, -0.05) is 12.1 Å². The van der Waals surface area contributed by atoms with E-state index in [1.165, 1.54) is 6.07 Å². The van der Waals surface area contributed by atoms with Gasteiger partial charge in [-0.15, -0.1) is 0 Å². The third-order valence-electron chi connectivity index (χ3n) is 6.82. The molecule has 0 saturated carbocycles. The summed E-state index contributed by atoms with van der Waals surface area (Å²) in [5.74, 6) is -2.20. The lowest BCUT2D eigenvalue weighted by atomic mass is 10.00. The molecule has 3 amide bonds. The van der Waals surface area contributed by atoms with E-state index in [9.17, 15) is 23.9 Å². The van der Waals surface area contributed by atoms with E-state index in [4.69, 9.17) is 4.74 Å². The summed E-state index contributed by atoms with van der Waals surface area (Å²) in [6, 6.07) is 10.2. The number of nitrogens with one attached hydrogen (secondary N) is 2. The second-order valence-electron chi connectivity index (χ2n) is 9.08. The number of carbonyl (C=O) groups excluding carboxylic acids is 3. The van der Waals surface area contributed by atoms with Gasteiger partial charge < -0.3 is 15.2 Å². The summed E-state index contributed by atoms with van der Waals surface area (Å²) >= 11 is 0. The number of morpholine rings is 1. The van der Waals surface area contributed by atoms with Gasteiger partial charge in [0.25, 0.3) is 11.8 Å². The fourth-order valence-corrected chi connectivity index (χ4v) is 4.82. The predicted octanol–water partition coefficient (Wildman–Crippen LogP) is 1.35. The van der Waals surface area contributed by atoms with Crippen molar-refractivity contribution in [1.29, 1.82) is 0 Å². The van der Waals surface area contributed by atoms with Crippen molar-refractivity contribution < 1.29 is 28.6 Å². The normalized spacial score (nSPS) is 22.8. The summed E-state index contributed by atoms with van der Waals surface area (Å²) in [5, 5.41) is 16.3. The zero-order chi connectivity index (χ0) is 24.6. The molecule has 35 heavy (non-hydrogen) atoms. The fourth-order valence-electron chi connectivity index (χ4n) is 4.82.